The van der Waals surface area contributed by atoms with Gasteiger partial charge in [-0.1, -0.05) is 242 Å². The van der Waals surface area contributed by atoms with Crippen LogP contribution < -0.4 is 5.32 Å². The summed E-state index contributed by atoms with van der Waals surface area (Å²) in [5.41, 5.74) is 0. The average Bonchev–Trinajstić information content (AvgIpc) is 3.29. The average molecular weight is 898 g/mol. The number of esters is 1. The van der Waals surface area contributed by atoms with E-state index in [9.17, 15) is 19.8 Å². The highest BCUT2D eigenvalue weighted by atomic mass is 16.5. The van der Waals surface area contributed by atoms with Gasteiger partial charge in [-0.3, -0.25) is 9.59 Å². The molecule has 6 nitrogen and oxygen atoms in total. The molecule has 0 spiro atoms. The Bertz CT molecular complexity index is 1080. The summed E-state index contributed by atoms with van der Waals surface area (Å²) in [6.07, 6.45) is 66.9. The van der Waals surface area contributed by atoms with Gasteiger partial charge in [0, 0.05) is 12.8 Å². The molecule has 0 aromatic heterocycles. The Kier molecular flexibility index (Phi) is 51.6. The standard InChI is InChI=1S/C58H107NO5/c1-3-5-7-9-11-13-15-16-17-26-29-32-36-40-44-48-52-58(63)64-53-49-45-41-37-33-30-27-24-22-20-18-19-21-23-25-28-31-35-39-43-47-51-57(62)59-55(54-60)56(61)50-46-42-38-34-14-12-10-8-6-4-2/h13,15,17,26,30,33,41,45,55-56,60-61H,3-12,14,16,18-25,27-29,31-32,34-40,42-44,46-54H2,1-2H3,(H,59,62)/b15-13-,26-17-,33-30-,45-41-. The lowest BCUT2D eigenvalue weighted by Gasteiger charge is -2.22. The van der Waals surface area contributed by atoms with Gasteiger partial charge in [0.05, 0.1) is 25.4 Å². The summed E-state index contributed by atoms with van der Waals surface area (Å²) in [6.45, 7) is 4.80. The van der Waals surface area contributed by atoms with E-state index in [1.54, 1.807) is 0 Å². The molecule has 6 heteroatoms. The molecule has 0 aliphatic carbocycles. The summed E-state index contributed by atoms with van der Waals surface area (Å²) in [5, 5.41) is 23.1. The van der Waals surface area contributed by atoms with Crippen molar-refractivity contribution in [3.63, 3.8) is 0 Å². The third kappa shape index (κ3) is 49.3. The van der Waals surface area contributed by atoms with Crippen LogP contribution >= 0.6 is 0 Å². The second-order valence-electron chi connectivity index (χ2n) is 18.9. The number of nitrogens with one attached hydrogen (secondary N) is 1. The normalized spacial score (nSPS) is 13.0. The molecule has 0 saturated carbocycles. The maximum Gasteiger partial charge on any atom is 0.305 e. The van der Waals surface area contributed by atoms with Crippen molar-refractivity contribution in [2.45, 2.75) is 296 Å². The van der Waals surface area contributed by atoms with E-state index in [-0.39, 0.29) is 18.5 Å². The van der Waals surface area contributed by atoms with Crippen molar-refractivity contribution in [3.05, 3.63) is 48.6 Å². The molecule has 3 N–H and O–H groups in total. The van der Waals surface area contributed by atoms with Gasteiger partial charge >= 0.3 is 5.97 Å². The minimum Gasteiger partial charge on any atom is -0.465 e. The van der Waals surface area contributed by atoms with Crippen molar-refractivity contribution < 1.29 is 24.5 Å². The lowest BCUT2D eigenvalue weighted by molar-refractivity contribution is -0.143. The molecule has 0 aromatic carbocycles. The van der Waals surface area contributed by atoms with Crippen molar-refractivity contribution in [2.75, 3.05) is 13.2 Å². The number of allylic oxidation sites excluding steroid dienone is 7. The molecule has 2 unspecified atom stereocenters. The lowest BCUT2D eigenvalue weighted by Crippen LogP contribution is -2.45. The summed E-state index contributed by atoms with van der Waals surface area (Å²) in [5.74, 6) is -0.0918. The number of aliphatic hydroxyl groups excluding tert-OH is 2. The molecule has 0 fully saturated rings. The van der Waals surface area contributed by atoms with E-state index >= 15 is 0 Å². The molecule has 64 heavy (non-hydrogen) atoms. The SMILES string of the molecule is CCCCCC/C=C\C/C=C\CCCCCCCC(=O)OCC/C=C\C/C=C\CCCCCCCCCCCCCCCCC(=O)NC(CO)C(O)CCCCCCCCCCCC. The number of amides is 1. The molecule has 1 amide bonds. The first-order chi connectivity index (χ1) is 31.5. The van der Waals surface area contributed by atoms with Crippen LogP contribution in [0, 0.1) is 0 Å². The van der Waals surface area contributed by atoms with Crippen LogP contribution in [-0.4, -0.2) is 47.4 Å². The van der Waals surface area contributed by atoms with E-state index in [4.69, 9.17) is 4.74 Å². The zero-order valence-corrected chi connectivity index (χ0v) is 42.5. The van der Waals surface area contributed by atoms with E-state index in [1.807, 2.05) is 0 Å². The smallest absolute Gasteiger partial charge is 0.305 e. The van der Waals surface area contributed by atoms with Crippen LogP contribution in [0.1, 0.15) is 284 Å². The summed E-state index contributed by atoms with van der Waals surface area (Å²) in [7, 11) is 0. The summed E-state index contributed by atoms with van der Waals surface area (Å²) in [6, 6.07) is -0.544. The number of carbonyl (C=O) groups excluding carboxylic acids is 2. The minimum absolute atomic E-state index is 0.0425. The molecule has 0 bridgehead atoms. The Balaban J connectivity index is 3.45. The van der Waals surface area contributed by atoms with Gasteiger partial charge in [-0.25, -0.2) is 0 Å². The van der Waals surface area contributed by atoms with E-state index in [2.05, 4.69) is 67.8 Å². The molecule has 0 rings (SSSR count). The van der Waals surface area contributed by atoms with E-state index in [0.29, 0.717) is 25.9 Å². The minimum atomic E-state index is -0.667. The first-order valence-corrected chi connectivity index (χ1v) is 27.9. The Morgan fingerprint density at radius 1 is 0.438 bits per heavy atom. The third-order valence-corrected chi connectivity index (χ3v) is 12.6. The highest BCUT2D eigenvalue weighted by molar-refractivity contribution is 5.76. The summed E-state index contributed by atoms with van der Waals surface area (Å²) >= 11 is 0. The molecule has 2 atom stereocenters. The molecule has 374 valence electrons. The van der Waals surface area contributed by atoms with E-state index < -0.39 is 12.1 Å². The quantitative estimate of drug-likeness (QED) is 0.0321. The van der Waals surface area contributed by atoms with Gasteiger partial charge in [0.25, 0.3) is 0 Å². The zero-order valence-electron chi connectivity index (χ0n) is 42.5. The summed E-state index contributed by atoms with van der Waals surface area (Å²) in [4.78, 5) is 24.4. The van der Waals surface area contributed by atoms with Crippen LogP contribution in [0.25, 0.3) is 0 Å². The molecule has 0 heterocycles. The predicted octanol–water partition coefficient (Wildman–Crippen LogP) is 17.0. The van der Waals surface area contributed by atoms with Crippen molar-refractivity contribution in [1.29, 1.82) is 0 Å². The topological polar surface area (TPSA) is 95.9 Å². The number of hydrogen-bond donors (Lipinski definition) is 3. The van der Waals surface area contributed by atoms with Crippen LogP contribution in [0.4, 0.5) is 0 Å². The van der Waals surface area contributed by atoms with Crippen LogP contribution in [0.3, 0.4) is 0 Å². The summed E-state index contributed by atoms with van der Waals surface area (Å²) < 4.78 is 5.41. The Hall–Kier alpha value is -2.18. The van der Waals surface area contributed by atoms with Crippen LogP contribution in [-0.2, 0) is 14.3 Å². The van der Waals surface area contributed by atoms with Gasteiger partial charge in [0.2, 0.25) is 5.91 Å². The van der Waals surface area contributed by atoms with Crippen LogP contribution in [0.2, 0.25) is 0 Å². The van der Waals surface area contributed by atoms with Gasteiger partial charge in [0.1, 0.15) is 0 Å². The molecule has 0 radical (unpaired) electrons. The monoisotopic (exact) mass is 898 g/mol. The number of hydrogen-bond acceptors (Lipinski definition) is 5. The maximum absolute atomic E-state index is 12.4. The van der Waals surface area contributed by atoms with Gasteiger partial charge in [-0.05, 0) is 77.0 Å². The second-order valence-corrected chi connectivity index (χ2v) is 18.9. The fraction of sp³-hybridized carbons (Fsp3) is 0.828. The molecular formula is C58H107NO5. The molecular weight excluding hydrogens is 791 g/mol. The number of aliphatic hydroxyl groups is 2. The highest BCUT2D eigenvalue weighted by Crippen LogP contribution is 2.16. The number of rotatable bonds is 51. The Morgan fingerprint density at radius 3 is 1.20 bits per heavy atom. The predicted molar refractivity (Wildman–Crippen MR) is 278 cm³/mol. The highest BCUT2D eigenvalue weighted by Gasteiger charge is 2.20. The Morgan fingerprint density at radius 2 is 0.781 bits per heavy atom. The van der Waals surface area contributed by atoms with Crippen molar-refractivity contribution in [2.24, 2.45) is 0 Å². The Labute approximate surface area is 397 Å². The van der Waals surface area contributed by atoms with Gasteiger partial charge in [-0.15, -0.1) is 0 Å². The number of unbranched alkanes of at least 4 members (excludes halogenated alkanes) is 32. The van der Waals surface area contributed by atoms with Crippen molar-refractivity contribution >= 4 is 11.9 Å². The fourth-order valence-corrected chi connectivity index (χ4v) is 8.33. The second kappa shape index (κ2) is 53.4. The fourth-order valence-electron chi connectivity index (χ4n) is 8.33. The van der Waals surface area contributed by atoms with Crippen LogP contribution in [0.5, 0.6) is 0 Å². The molecule has 0 aromatic rings. The van der Waals surface area contributed by atoms with E-state index in [1.165, 1.54) is 186 Å². The zero-order chi connectivity index (χ0) is 46.5. The maximum atomic E-state index is 12.4. The molecule has 0 aliphatic rings. The number of carbonyl (C=O) groups is 2. The van der Waals surface area contributed by atoms with Gasteiger partial charge in [-0.2, -0.15) is 0 Å². The van der Waals surface area contributed by atoms with Gasteiger partial charge in [0.15, 0.2) is 0 Å². The van der Waals surface area contributed by atoms with Crippen LogP contribution in [0.15, 0.2) is 48.6 Å². The first-order valence-electron chi connectivity index (χ1n) is 27.9. The molecule has 0 aliphatic heterocycles. The van der Waals surface area contributed by atoms with E-state index in [0.717, 1.165) is 64.2 Å². The van der Waals surface area contributed by atoms with Crippen molar-refractivity contribution in [1.82, 2.24) is 5.32 Å². The third-order valence-electron chi connectivity index (χ3n) is 12.6. The molecule has 0 saturated heterocycles. The first kappa shape index (κ1) is 61.8. The lowest BCUT2D eigenvalue weighted by atomic mass is 10.0. The largest absolute Gasteiger partial charge is 0.465 e. The van der Waals surface area contributed by atoms with Gasteiger partial charge < -0.3 is 20.3 Å². The van der Waals surface area contributed by atoms with Crippen molar-refractivity contribution in [3.8, 4) is 0 Å². The number of ether oxygens (including phenoxy) is 1.